The van der Waals surface area contributed by atoms with Gasteiger partial charge in [0.1, 0.15) is 0 Å². The molecule has 0 saturated carbocycles. The van der Waals surface area contributed by atoms with Gasteiger partial charge in [0, 0.05) is 20.1 Å². The second-order valence-corrected chi connectivity index (χ2v) is 8.17. The monoisotopic (exact) mass is 480 g/mol. The highest BCUT2D eigenvalue weighted by Crippen LogP contribution is 2.25. The third-order valence-corrected chi connectivity index (χ3v) is 5.34. The molecule has 8 nitrogen and oxygen atoms in total. The molecule has 0 rings (SSSR count). The number of hydrogen-bond acceptors (Lipinski definition) is 8. The zero-order valence-corrected chi connectivity index (χ0v) is 22.0. The third kappa shape index (κ3) is 21.9. The van der Waals surface area contributed by atoms with Crippen molar-refractivity contribution in [1.29, 1.82) is 0 Å². The molecule has 0 aromatic heterocycles. The predicted octanol–water partition coefficient (Wildman–Crippen LogP) is 3.95. The normalized spacial score (nSPS) is 13.6. The minimum atomic E-state index is -0.260. The average molecular weight is 481 g/mol. The van der Waals surface area contributed by atoms with Gasteiger partial charge >= 0.3 is 0 Å². The molecule has 0 aliphatic carbocycles. The van der Waals surface area contributed by atoms with Gasteiger partial charge < -0.3 is 37.9 Å². The van der Waals surface area contributed by atoms with Crippen molar-refractivity contribution in [2.45, 2.75) is 59.2 Å². The second-order valence-electron chi connectivity index (χ2n) is 8.17. The van der Waals surface area contributed by atoms with Crippen molar-refractivity contribution in [1.82, 2.24) is 0 Å². The molecule has 0 spiro atoms. The topological polar surface area (TPSA) is 73.8 Å². The van der Waals surface area contributed by atoms with Crippen LogP contribution in [0.4, 0.5) is 0 Å². The van der Waals surface area contributed by atoms with Gasteiger partial charge in [0.2, 0.25) is 0 Å². The first kappa shape index (κ1) is 32.7. The van der Waals surface area contributed by atoms with Gasteiger partial charge in [0.15, 0.2) is 6.29 Å². The van der Waals surface area contributed by atoms with Gasteiger partial charge in [-0.25, -0.2) is 0 Å². The Labute approximate surface area is 202 Å². The first-order valence-electron chi connectivity index (χ1n) is 12.7. The molecule has 8 heteroatoms. The summed E-state index contributed by atoms with van der Waals surface area (Å²) in [5.41, 5.74) is 0. The van der Waals surface area contributed by atoms with Gasteiger partial charge in [-0.1, -0.05) is 46.5 Å². The van der Waals surface area contributed by atoms with Gasteiger partial charge in [-0.05, 0) is 12.3 Å². The molecule has 200 valence electrons. The van der Waals surface area contributed by atoms with E-state index in [1.54, 1.807) is 14.2 Å². The van der Waals surface area contributed by atoms with Crippen LogP contribution in [0.2, 0.25) is 0 Å². The average Bonchev–Trinajstić information content (AvgIpc) is 2.82. The third-order valence-electron chi connectivity index (χ3n) is 5.34. The van der Waals surface area contributed by atoms with Crippen LogP contribution < -0.4 is 0 Å². The molecule has 0 aromatic rings. The van der Waals surface area contributed by atoms with Crippen LogP contribution in [0, 0.1) is 11.8 Å². The van der Waals surface area contributed by atoms with E-state index < -0.39 is 0 Å². The maximum atomic E-state index is 6.07. The Bertz CT molecular complexity index is 350. The predicted molar refractivity (Wildman–Crippen MR) is 130 cm³/mol. The molecule has 0 N–H and O–H groups in total. The SMILES string of the molecule is CCCCC(CC)CC(C)C(OCCOCCOCCOC)OCCOCCOCCOC. The quantitative estimate of drug-likeness (QED) is 0.129. The van der Waals surface area contributed by atoms with Crippen molar-refractivity contribution < 1.29 is 37.9 Å². The molecule has 0 aromatic carbocycles. The maximum Gasteiger partial charge on any atom is 0.160 e. The first-order valence-corrected chi connectivity index (χ1v) is 12.7. The highest BCUT2D eigenvalue weighted by Gasteiger charge is 2.22. The molecule has 0 aliphatic rings. The zero-order chi connectivity index (χ0) is 24.4. The highest BCUT2D eigenvalue weighted by atomic mass is 16.7. The molecule has 0 bridgehead atoms. The molecule has 2 atom stereocenters. The van der Waals surface area contributed by atoms with Crippen molar-refractivity contribution in [2.24, 2.45) is 11.8 Å². The van der Waals surface area contributed by atoms with Gasteiger partial charge in [-0.2, -0.15) is 0 Å². The summed E-state index contributed by atoms with van der Waals surface area (Å²) in [7, 11) is 3.32. The van der Waals surface area contributed by atoms with E-state index in [4.69, 9.17) is 37.9 Å². The summed E-state index contributed by atoms with van der Waals surface area (Å²) < 4.78 is 44.0. The number of unbranched alkanes of at least 4 members (excludes halogenated alkanes) is 1. The standard InChI is InChI=1S/C25H52O8/c1-6-8-9-24(7-2)22-23(3)25(32-20-18-30-16-14-28-12-10-26-4)33-21-19-31-17-15-29-13-11-27-5/h23-25H,6-22H2,1-5H3. The molecule has 2 unspecified atom stereocenters. The number of hydrogen-bond donors (Lipinski definition) is 0. The van der Waals surface area contributed by atoms with E-state index in [0.717, 1.165) is 6.42 Å². The van der Waals surface area contributed by atoms with Crippen LogP contribution in [0.3, 0.4) is 0 Å². The molecule has 0 heterocycles. The number of ether oxygens (including phenoxy) is 8. The molecule has 0 radical (unpaired) electrons. The molecule has 0 saturated heterocycles. The molecule has 0 aliphatic heterocycles. The van der Waals surface area contributed by atoms with E-state index in [9.17, 15) is 0 Å². The van der Waals surface area contributed by atoms with E-state index in [2.05, 4.69) is 20.8 Å². The van der Waals surface area contributed by atoms with Gasteiger partial charge in [0.25, 0.3) is 0 Å². The summed E-state index contributed by atoms with van der Waals surface area (Å²) in [5, 5.41) is 0. The Morgan fingerprint density at radius 2 is 1.00 bits per heavy atom. The van der Waals surface area contributed by atoms with Gasteiger partial charge in [-0.15, -0.1) is 0 Å². The lowest BCUT2D eigenvalue weighted by Crippen LogP contribution is -2.30. The summed E-state index contributed by atoms with van der Waals surface area (Å²) in [6, 6.07) is 0. The Balaban J connectivity index is 4.21. The summed E-state index contributed by atoms with van der Waals surface area (Å²) in [6.45, 7) is 13.3. The zero-order valence-electron chi connectivity index (χ0n) is 22.0. The summed E-state index contributed by atoms with van der Waals surface area (Å²) >= 11 is 0. The van der Waals surface area contributed by atoms with Crippen molar-refractivity contribution in [3.8, 4) is 0 Å². The summed E-state index contributed by atoms with van der Waals surface area (Å²) in [6.07, 6.45) is 5.81. The molecule has 0 amide bonds. The number of methoxy groups -OCH3 is 2. The lowest BCUT2D eigenvalue weighted by molar-refractivity contribution is -0.185. The minimum Gasteiger partial charge on any atom is -0.382 e. The van der Waals surface area contributed by atoms with Crippen LogP contribution in [0.1, 0.15) is 52.9 Å². The fourth-order valence-electron chi connectivity index (χ4n) is 3.37. The van der Waals surface area contributed by atoms with Crippen LogP contribution in [-0.2, 0) is 37.9 Å². The van der Waals surface area contributed by atoms with Crippen LogP contribution in [0.25, 0.3) is 0 Å². The Morgan fingerprint density at radius 1 is 0.576 bits per heavy atom. The van der Waals surface area contributed by atoms with Crippen LogP contribution in [0.15, 0.2) is 0 Å². The Kier molecular flexibility index (Phi) is 26.0. The van der Waals surface area contributed by atoms with Crippen molar-refractivity contribution in [3.63, 3.8) is 0 Å². The Morgan fingerprint density at radius 3 is 1.39 bits per heavy atom. The summed E-state index contributed by atoms with van der Waals surface area (Å²) in [4.78, 5) is 0. The van der Waals surface area contributed by atoms with E-state index in [1.165, 1.54) is 25.7 Å². The fourth-order valence-corrected chi connectivity index (χ4v) is 3.37. The largest absolute Gasteiger partial charge is 0.382 e. The minimum absolute atomic E-state index is 0.260. The fraction of sp³-hybridized carbons (Fsp3) is 1.00. The highest BCUT2D eigenvalue weighted by molar-refractivity contribution is 4.66. The smallest absolute Gasteiger partial charge is 0.160 e. The Hall–Kier alpha value is -0.320. The van der Waals surface area contributed by atoms with Crippen molar-refractivity contribution >= 4 is 0 Å². The van der Waals surface area contributed by atoms with E-state index in [1.807, 2.05) is 0 Å². The molecule has 0 fully saturated rings. The van der Waals surface area contributed by atoms with E-state index in [0.29, 0.717) is 91.1 Å². The maximum absolute atomic E-state index is 6.07. The molecular formula is C25H52O8. The summed E-state index contributed by atoms with van der Waals surface area (Å²) in [5.74, 6) is 1.01. The van der Waals surface area contributed by atoms with E-state index in [-0.39, 0.29) is 6.29 Å². The van der Waals surface area contributed by atoms with Crippen LogP contribution in [0.5, 0.6) is 0 Å². The number of rotatable bonds is 27. The van der Waals surface area contributed by atoms with Gasteiger partial charge in [0.05, 0.1) is 79.3 Å². The van der Waals surface area contributed by atoms with Crippen molar-refractivity contribution in [3.05, 3.63) is 0 Å². The second kappa shape index (κ2) is 26.3. The van der Waals surface area contributed by atoms with Crippen molar-refractivity contribution in [2.75, 3.05) is 93.5 Å². The molecule has 33 heavy (non-hydrogen) atoms. The van der Waals surface area contributed by atoms with Gasteiger partial charge in [-0.3, -0.25) is 0 Å². The van der Waals surface area contributed by atoms with Crippen LogP contribution in [-0.4, -0.2) is 99.8 Å². The lowest BCUT2D eigenvalue weighted by Gasteiger charge is -2.27. The van der Waals surface area contributed by atoms with E-state index >= 15 is 0 Å². The lowest BCUT2D eigenvalue weighted by atomic mass is 9.89. The first-order chi connectivity index (χ1) is 16.2. The molecular weight excluding hydrogens is 428 g/mol. The van der Waals surface area contributed by atoms with Crippen LogP contribution >= 0.6 is 0 Å².